The van der Waals surface area contributed by atoms with Crippen molar-refractivity contribution in [2.24, 2.45) is 0 Å². The van der Waals surface area contributed by atoms with Crippen molar-refractivity contribution in [2.75, 3.05) is 32.8 Å². The van der Waals surface area contributed by atoms with E-state index >= 15 is 0 Å². The van der Waals surface area contributed by atoms with E-state index in [9.17, 15) is 14.3 Å². The van der Waals surface area contributed by atoms with Crippen molar-refractivity contribution < 1.29 is 24.1 Å². The molecule has 1 aromatic rings. The van der Waals surface area contributed by atoms with Gasteiger partial charge < -0.3 is 19.8 Å². The van der Waals surface area contributed by atoms with Gasteiger partial charge in [0.15, 0.2) is 0 Å². The topological polar surface area (TPSA) is 73.2 Å². The van der Waals surface area contributed by atoms with Crippen LogP contribution in [0, 0.1) is 5.82 Å². The fraction of sp³-hybridized carbons (Fsp3) is 0.611. The van der Waals surface area contributed by atoms with Crippen LogP contribution in [0.25, 0.3) is 0 Å². The molecule has 25 heavy (non-hydrogen) atoms. The molecule has 1 aromatic carbocycles. The van der Waals surface area contributed by atoms with E-state index in [1.54, 1.807) is 0 Å². The first-order chi connectivity index (χ1) is 12.0. The molecule has 0 aliphatic carbocycles. The molecule has 1 amide bonds. The van der Waals surface area contributed by atoms with Gasteiger partial charge in [-0.3, -0.25) is 4.90 Å². The lowest BCUT2D eigenvalue weighted by molar-refractivity contribution is -0.0982. The van der Waals surface area contributed by atoms with Crippen molar-refractivity contribution >= 4 is 6.09 Å². The van der Waals surface area contributed by atoms with Crippen LogP contribution in [0.5, 0.6) is 5.75 Å². The number of likely N-dealkylation sites (tertiary alicyclic amines) is 2. The number of halogens is 1. The summed E-state index contributed by atoms with van der Waals surface area (Å²) >= 11 is 0. The summed E-state index contributed by atoms with van der Waals surface area (Å²) in [6, 6.07) is 4.47. The highest BCUT2D eigenvalue weighted by Gasteiger charge is 2.52. The van der Waals surface area contributed by atoms with Crippen LogP contribution in [0.15, 0.2) is 18.2 Å². The highest BCUT2D eigenvalue weighted by Crippen LogP contribution is 2.39. The standard InChI is InChI=1S/C18H23FN2O4/c19-13-1-2-16(22)15(7-13)12-3-5-20(6-4-12)14-8-18(25-9-14)10-21(11-18)17(23)24/h1-2,7,12,14,22H,3-6,8-11H2,(H,23,24)/t14-/m0/s1. The van der Waals surface area contributed by atoms with E-state index in [4.69, 9.17) is 9.84 Å². The van der Waals surface area contributed by atoms with E-state index in [1.807, 2.05) is 0 Å². The van der Waals surface area contributed by atoms with Crippen molar-refractivity contribution in [1.82, 2.24) is 9.80 Å². The summed E-state index contributed by atoms with van der Waals surface area (Å²) in [6.45, 7) is 3.34. The van der Waals surface area contributed by atoms with Gasteiger partial charge >= 0.3 is 6.09 Å². The predicted octanol–water partition coefficient (Wildman–Crippen LogP) is 2.23. The molecule has 3 saturated heterocycles. The summed E-state index contributed by atoms with van der Waals surface area (Å²) in [7, 11) is 0. The van der Waals surface area contributed by atoms with Gasteiger partial charge in [-0.2, -0.15) is 0 Å². The van der Waals surface area contributed by atoms with Gasteiger partial charge in [0.05, 0.1) is 19.7 Å². The van der Waals surface area contributed by atoms with Gasteiger partial charge in [-0.25, -0.2) is 9.18 Å². The van der Waals surface area contributed by atoms with Crippen LogP contribution in [-0.4, -0.2) is 70.5 Å². The molecule has 1 spiro atoms. The normalized spacial score (nSPS) is 26.8. The Bertz CT molecular complexity index is 669. The van der Waals surface area contributed by atoms with E-state index < -0.39 is 6.09 Å². The second kappa shape index (κ2) is 6.14. The molecule has 6 nitrogen and oxygen atoms in total. The number of ether oxygens (including phenoxy) is 1. The number of aromatic hydroxyl groups is 1. The number of hydrogen-bond acceptors (Lipinski definition) is 4. The minimum Gasteiger partial charge on any atom is -0.508 e. The number of rotatable bonds is 2. The molecule has 0 bridgehead atoms. The molecule has 3 heterocycles. The first kappa shape index (κ1) is 16.6. The molecule has 136 valence electrons. The van der Waals surface area contributed by atoms with Crippen molar-refractivity contribution in [2.45, 2.75) is 36.8 Å². The lowest BCUT2D eigenvalue weighted by Gasteiger charge is -2.45. The van der Waals surface area contributed by atoms with Gasteiger partial charge in [-0.1, -0.05) is 0 Å². The lowest BCUT2D eigenvalue weighted by atomic mass is 9.86. The summed E-state index contributed by atoms with van der Waals surface area (Å²) in [5.41, 5.74) is 0.413. The third-order valence-electron chi connectivity index (χ3n) is 5.89. The highest BCUT2D eigenvalue weighted by atomic mass is 19.1. The van der Waals surface area contributed by atoms with Gasteiger partial charge in [-0.15, -0.1) is 0 Å². The number of phenolic OH excluding ortho intramolecular Hbond substituents is 1. The largest absolute Gasteiger partial charge is 0.508 e. The number of nitrogens with zero attached hydrogens (tertiary/aromatic N) is 2. The van der Waals surface area contributed by atoms with E-state index in [-0.39, 0.29) is 23.1 Å². The zero-order valence-corrected chi connectivity index (χ0v) is 14.0. The molecule has 3 aliphatic rings. The van der Waals surface area contributed by atoms with E-state index in [1.165, 1.54) is 23.1 Å². The zero-order chi connectivity index (χ0) is 17.6. The third-order valence-corrected chi connectivity index (χ3v) is 5.89. The summed E-state index contributed by atoms with van der Waals surface area (Å²) < 4.78 is 19.4. The Morgan fingerprint density at radius 2 is 2.00 bits per heavy atom. The van der Waals surface area contributed by atoms with Crippen LogP contribution in [0.4, 0.5) is 9.18 Å². The first-order valence-electron chi connectivity index (χ1n) is 8.80. The summed E-state index contributed by atoms with van der Waals surface area (Å²) in [4.78, 5) is 14.7. The highest BCUT2D eigenvalue weighted by molar-refractivity contribution is 5.66. The molecular weight excluding hydrogens is 327 g/mol. The Hall–Kier alpha value is -1.86. The van der Waals surface area contributed by atoms with Gasteiger partial charge in [0, 0.05) is 6.04 Å². The van der Waals surface area contributed by atoms with E-state index in [0.29, 0.717) is 31.3 Å². The molecule has 0 saturated carbocycles. The molecule has 0 radical (unpaired) electrons. The van der Waals surface area contributed by atoms with Crippen LogP contribution in [-0.2, 0) is 4.74 Å². The van der Waals surface area contributed by atoms with Crippen LogP contribution in [0.2, 0.25) is 0 Å². The van der Waals surface area contributed by atoms with Gasteiger partial charge in [0.25, 0.3) is 0 Å². The van der Waals surface area contributed by atoms with E-state index in [0.717, 1.165) is 32.4 Å². The Kier molecular flexibility index (Phi) is 4.08. The number of piperidine rings is 1. The smallest absolute Gasteiger partial charge is 0.407 e. The molecule has 7 heteroatoms. The number of carboxylic acid groups (broad SMARTS) is 1. The fourth-order valence-electron chi connectivity index (χ4n) is 4.49. The van der Waals surface area contributed by atoms with Crippen molar-refractivity contribution in [3.8, 4) is 5.75 Å². The van der Waals surface area contributed by atoms with Crippen molar-refractivity contribution in [3.05, 3.63) is 29.6 Å². The first-order valence-corrected chi connectivity index (χ1v) is 8.80. The molecule has 0 unspecified atom stereocenters. The second-order valence-corrected chi connectivity index (χ2v) is 7.50. The molecular formula is C18H23FN2O4. The van der Waals surface area contributed by atoms with Crippen LogP contribution in [0.1, 0.15) is 30.7 Å². The number of benzene rings is 1. The number of hydrogen-bond donors (Lipinski definition) is 2. The van der Waals surface area contributed by atoms with Crippen LogP contribution < -0.4 is 0 Å². The number of amides is 1. The van der Waals surface area contributed by atoms with Gasteiger partial charge in [0.1, 0.15) is 17.2 Å². The monoisotopic (exact) mass is 350 g/mol. The van der Waals surface area contributed by atoms with Crippen LogP contribution in [0.3, 0.4) is 0 Å². The van der Waals surface area contributed by atoms with Crippen LogP contribution >= 0.6 is 0 Å². The minimum absolute atomic E-state index is 0.172. The summed E-state index contributed by atoms with van der Waals surface area (Å²) in [5, 5.41) is 19.0. The molecule has 3 fully saturated rings. The SMILES string of the molecule is O=C(O)N1CC2(C[C@H](N3CCC(c4cc(F)ccc4O)CC3)CO2)C1. The van der Waals surface area contributed by atoms with E-state index in [2.05, 4.69) is 4.90 Å². The Labute approximate surface area is 145 Å². The number of phenols is 1. The Balaban J connectivity index is 1.32. The van der Waals surface area contributed by atoms with Crippen molar-refractivity contribution in [3.63, 3.8) is 0 Å². The molecule has 2 N–H and O–H groups in total. The number of carbonyl (C=O) groups is 1. The quantitative estimate of drug-likeness (QED) is 0.856. The molecule has 0 aromatic heterocycles. The predicted molar refractivity (Wildman–Crippen MR) is 88.3 cm³/mol. The van der Waals surface area contributed by atoms with Gasteiger partial charge in [-0.05, 0) is 62.0 Å². The molecule has 3 aliphatic heterocycles. The van der Waals surface area contributed by atoms with Crippen molar-refractivity contribution in [1.29, 1.82) is 0 Å². The Morgan fingerprint density at radius 3 is 2.68 bits per heavy atom. The molecule has 4 rings (SSSR count). The zero-order valence-electron chi connectivity index (χ0n) is 14.0. The summed E-state index contributed by atoms with van der Waals surface area (Å²) in [6.07, 6.45) is 1.74. The lowest BCUT2D eigenvalue weighted by Crippen LogP contribution is -2.63. The van der Waals surface area contributed by atoms with Gasteiger partial charge in [0.2, 0.25) is 0 Å². The fourth-order valence-corrected chi connectivity index (χ4v) is 4.49. The maximum absolute atomic E-state index is 13.5. The molecule has 1 atom stereocenters. The maximum Gasteiger partial charge on any atom is 0.407 e. The average molecular weight is 350 g/mol. The summed E-state index contributed by atoms with van der Waals surface area (Å²) in [5.74, 6) is 0.0370. The minimum atomic E-state index is -0.881. The second-order valence-electron chi connectivity index (χ2n) is 7.50. The average Bonchev–Trinajstić information content (AvgIpc) is 3.01. The Morgan fingerprint density at radius 1 is 1.28 bits per heavy atom. The third kappa shape index (κ3) is 3.06. The maximum atomic E-state index is 13.5.